The Morgan fingerprint density at radius 3 is 2.68 bits per heavy atom. The van der Waals surface area contributed by atoms with E-state index in [1.54, 1.807) is 24.3 Å². The van der Waals surface area contributed by atoms with Crippen LogP contribution in [0, 0.1) is 11.3 Å². The molecule has 0 aliphatic carbocycles. The van der Waals surface area contributed by atoms with Gasteiger partial charge in [0.1, 0.15) is 11.8 Å². The SMILES string of the molecule is CC1(C)C(=O)Nc2ccc(-c3ccc(C#N)n3C(=O)O)cc21. The normalized spacial score (nSPS) is 15.0. The predicted molar refractivity (Wildman–Crippen MR) is 79.7 cm³/mol. The van der Waals surface area contributed by atoms with E-state index in [1.807, 2.05) is 19.9 Å². The van der Waals surface area contributed by atoms with Gasteiger partial charge in [-0.3, -0.25) is 4.79 Å². The van der Waals surface area contributed by atoms with Crippen molar-refractivity contribution in [2.24, 2.45) is 0 Å². The van der Waals surface area contributed by atoms with Gasteiger partial charge in [0.25, 0.3) is 0 Å². The number of benzene rings is 1. The summed E-state index contributed by atoms with van der Waals surface area (Å²) in [5.74, 6) is -0.0917. The largest absolute Gasteiger partial charge is 0.464 e. The molecule has 110 valence electrons. The van der Waals surface area contributed by atoms with Crippen molar-refractivity contribution in [2.45, 2.75) is 19.3 Å². The Hall–Kier alpha value is -3.07. The maximum Gasteiger partial charge on any atom is 0.417 e. The van der Waals surface area contributed by atoms with Gasteiger partial charge in [-0.25, -0.2) is 9.36 Å². The van der Waals surface area contributed by atoms with Gasteiger partial charge in [-0.05, 0) is 49.2 Å². The van der Waals surface area contributed by atoms with Crippen LogP contribution in [0.15, 0.2) is 30.3 Å². The molecule has 1 aromatic heterocycles. The van der Waals surface area contributed by atoms with Gasteiger partial charge in [-0.15, -0.1) is 0 Å². The molecule has 0 unspecified atom stereocenters. The predicted octanol–water partition coefficient (Wildman–Crippen LogP) is 2.78. The zero-order valence-electron chi connectivity index (χ0n) is 12.0. The molecule has 6 nitrogen and oxygen atoms in total. The van der Waals surface area contributed by atoms with Crippen LogP contribution in [0.3, 0.4) is 0 Å². The fourth-order valence-electron chi connectivity index (χ4n) is 2.69. The molecular weight excluding hydrogens is 282 g/mol. The summed E-state index contributed by atoms with van der Waals surface area (Å²) < 4.78 is 0.943. The molecule has 0 spiro atoms. The van der Waals surface area contributed by atoms with Gasteiger partial charge in [-0.1, -0.05) is 6.07 Å². The second-order valence-corrected chi connectivity index (χ2v) is 5.67. The summed E-state index contributed by atoms with van der Waals surface area (Å²) in [5, 5.41) is 21.1. The first-order valence-corrected chi connectivity index (χ1v) is 6.67. The standard InChI is InChI=1S/C16H13N3O3/c1-16(2)11-7-9(3-5-12(11)18-14(16)20)13-6-4-10(8-17)19(13)15(21)22/h3-7H,1-2H3,(H,18,20)(H,21,22). The molecule has 22 heavy (non-hydrogen) atoms. The molecule has 2 aromatic rings. The Kier molecular flexibility index (Phi) is 2.82. The molecule has 0 bridgehead atoms. The van der Waals surface area contributed by atoms with Crippen LogP contribution in [-0.2, 0) is 10.2 Å². The van der Waals surface area contributed by atoms with Crippen molar-refractivity contribution < 1.29 is 14.7 Å². The molecule has 1 aliphatic heterocycles. The van der Waals surface area contributed by atoms with E-state index in [2.05, 4.69) is 5.32 Å². The van der Waals surface area contributed by atoms with Crippen LogP contribution in [-0.4, -0.2) is 21.7 Å². The second-order valence-electron chi connectivity index (χ2n) is 5.67. The minimum atomic E-state index is -1.22. The molecular formula is C16H13N3O3. The molecule has 1 amide bonds. The fraction of sp³-hybridized carbons (Fsp3) is 0.188. The van der Waals surface area contributed by atoms with E-state index in [0.717, 1.165) is 15.8 Å². The third-order valence-corrected chi connectivity index (χ3v) is 3.99. The highest BCUT2D eigenvalue weighted by molar-refractivity contribution is 6.06. The van der Waals surface area contributed by atoms with Crippen molar-refractivity contribution in [2.75, 3.05) is 5.32 Å². The molecule has 0 atom stereocenters. The maximum atomic E-state index is 12.0. The average molecular weight is 295 g/mol. The van der Waals surface area contributed by atoms with E-state index in [4.69, 9.17) is 5.26 Å². The first-order chi connectivity index (χ1) is 10.4. The minimum Gasteiger partial charge on any atom is -0.464 e. The number of aromatic nitrogens is 1. The number of hydrogen-bond acceptors (Lipinski definition) is 3. The van der Waals surface area contributed by atoms with Gasteiger partial charge in [0.05, 0.1) is 11.1 Å². The highest BCUT2D eigenvalue weighted by Crippen LogP contribution is 2.39. The number of nitrogens with one attached hydrogen (secondary N) is 1. The van der Waals surface area contributed by atoms with Crippen LogP contribution < -0.4 is 5.32 Å². The number of carbonyl (C=O) groups is 2. The summed E-state index contributed by atoms with van der Waals surface area (Å²) in [6.45, 7) is 3.63. The van der Waals surface area contributed by atoms with Crippen molar-refractivity contribution in [3.05, 3.63) is 41.6 Å². The highest BCUT2D eigenvalue weighted by atomic mass is 16.4. The number of anilines is 1. The zero-order chi connectivity index (χ0) is 16.1. The smallest absolute Gasteiger partial charge is 0.417 e. The molecule has 0 saturated heterocycles. The van der Waals surface area contributed by atoms with Crippen molar-refractivity contribution in [1.29, 1.82) is 5.26 Å². The lowest BCUT2D eigenvalue weighted by atomic mass is 9.85. The molecule has 2 N–H and O–H groups in total. The first kappa shape index (κ1) is 13.9. The third-order valence-electron chi connectivity index (χ3n) is 3.99. The summed E-state index contributed by atoms with van der Waals surface area (Å²) in [5.41, 5.74) is 1.97. The summed E-state index contributed by atoms with van der Waals surface area (Å²) >= 11 is 0. The number of nitriles is 1. The minimum absolute atomic E-state index is 0.0523. The third kappa shape index (κ3) is 1.79. The number of carboxylic acid groups (broad SMARTS) is 1. The molecule has 1 aromatic carbocycles. The quantitative estimate of drug-likeness (QED) is 0.845. The first-order valence-electron chi connectivity index (χ1n) is 6.67. The molecule has 3 rings (SSSR count). The van der Waals surface area contributed by atoms with Crippen molar-refractivity contribution in [3.8, 4) is 17.3 Å². The number of fused-ring (bicyclic) bond motifs is 1. The Balaban J connectivity index is 2.19. The molecule has 1 aliphatic rings. The van der Waals surface area contributed by atoms with Crippen LogP contribution in [0.4, 0.5) is 10.5 Å². The van der Waals surface area contributed by atoms with Crippen LogP contribution >= 0.6 is 0 Å². The molecule has 6 heteroatoms. The van der Waals surface area contributed by atoms with E-state index in [9.17, 15) is 14.7 Å². The average Bonchev–Trinajstić information content (AvgIpc) is 2.99. The number of hydrogen-bond donors (Lipinski definition) is 2. The molecule has 2 heterocycles. The molecule has 0 saturated carbocycles. The van der Waals surface area contributed by atoms with Crippen LogP contribution in [0.1, 0.15) is 25.1 Å². The van der Waals surface area contributed by atoms with Crippen LogP contribution in [0.5, 0.6) is 0 Å². The molecule has 0 radical (unpaired) electrons. The number of amides is 1. The second kappa shape index (κ2) is 4.46. The fourth-order valence-corrected chi connectivity index (χ4v) is 2.69. The number of nitrogens with zero attached hydrogens (tertiary/aromatic N) is 2. The lowest BCUT2D eigenvalue weighted by Gasteiger charge is -2.16. The Labute approximate surface area is 126 Å². The van der Waals surface area contributed by atoms with E-state index in [1.165, 1.54) is 6.07 Å². The summed E-state index contributed by atoms with van der Waals surface area (Å²) in [6, 6.07) is 10.2. The van der Waals surface area contributed by atoms with Gasteiger partial charge in [0.2, 0.25) is 5.91 Å². The van der Waals surface area contributed by atoms with Gasteiger partial charge in [-0.2, -0.15) is 5.26 Å². The maximum absolute atomic E-state index is 12.0. The van der Waals surface area contributed by atoms with Crippen molar-refractivity contribution >= 4 is 17.7 Å². The molecule has 0 fully saturated rings. The highest BCUT2D eigenvalue weighted by Gasteiger charge is 2.38. The van der Waals surface area contributed by atoms with Gasteiger partial charge < -0.3 is 10.4 Å². The Morgan fingerprint density at radius 1 is 1.32 bits per heavy atom. The van der Waals surface area contributed by atoms with Crippen molar-refractivity contribution in [1.82, 2.24) is 4.57 Å². The van der Waals surface area contributed by atoms with Crippen LogP contribution in [0.2, 0.25) is 0 Å². The Bertz CT molecular complexity index is 856. The van der Waals surface area contributed by atoms with E-state index in [0.29, 0.717) is 11.3 Å². The summed E-state index contributed by atoms with van der Waals surface area (Å²) in [6.07, 6.45) is -1.22. The summed E-state index contributed by atoms with van der Waals surface area (Å²) in [7, 11) is 0. The van der Waals surface area contributed by atoms with E-state index < -0.39 is 11.5 Å². The monoisotopic (exact) mass is 295 g/mol. The summed E-state index contributed by atoms with van der Waals surface area (Å²) in [4.78, 5) is 23.4. The topological polar surface area (TPSA) is 95.1 Å². The van der Waals surface area contributed by atoms with Gasteiger partial charge in [0, 0.05) is 5.69 Å². The van der Waals surface area contributed by atoms with Crippen molar-refractivity contribution in [3.63, 3.8) is 0 Å². The van der Waals surface area contributed by atoms with Gasteiger partial charge in [0.15, 0.2) is 0 Å². The lowest BCUT2D eigenvalue weighted by Crippen LogP contribution is -2.26. The lowest BCUT2D eigenvalue weighted by molar-refractivity contribution is -0.119. The van der Waals surface area contributed by atoms with Crippen LogP contribution in [0.25, 0.3) is 11.3 Å². The van der Waals surface area contributed by atoms with Gasteiger partial charge >= 0.3 is 6.09 Å². The van der Waals surface area contributed by atoms with E-state index >= 15 is 0 Å². The van der Waals surface area contributed by atoms with E-state index in [-0.39, 0.29) is 11.6 Å². The number of carbonyl (C=O) groups excluding carboxylic acids is 1. The Morgan fingerprint density at radius 2 is 2.05 bits per heavy atom. The number of rotatable bonds is 1. The zero-order valence-corrected chi connectivity index (χ0v) is 12.0.